The van der Waals surface area contributed by atoms with Crippen LogP contribution in [0.5, 0.6) is 0 Å². The third kappa shape index (κ3) is 3.23. The van der Waals surface area contributed by atoms with Crippen LogP contribution >= 0.6 is 24.0 Å². The molecule has 6 heteroatoms. The zero-order chi connectivity index (χ0) is 14.1. The predicted molar refractivity (Wildman–Crippen MR) is 84.9 cm³/mol. The lowest BCUT2D eigenvalue weighted by Gasteiger charge is -2.13. The second kappa shape index (κ2) is 6.52. The highest BCUT2D eigenvalue weighted by molar-refractivity contribution is 6.33. The summed E-state index contributed by atoms with van der Waals surface area (Å²) in [5.74, 6) is 0.813. The van der Waals surface area contributed by atoms with Crippen LogP contribution in [0, 0.1) is 0 Å². The molecule has 21 heavy (non-hydrogen) atoms. The third-order valence-corrected chi connectivity index (χ3v) is 3.80. The first-order valence-corrected chi connectivity index (χ1v) is 6.92. The first-order chi connectivity index (χ1) is 9.65. The molecular formula is C15H16Cl2N2O2. The van der Waals surface area contributed by atoms with E-state index in [0.29, 0.717) is 29.6 Å². The number of nitrogens with two attached hydrogens (primary N) is 1. The highest BCUT2D eigenvalue weighted by Gasteiger charge is 2.26. The largest absolute Gasteiger partial charge is 0.451 e. The smallest absolute Gasteiger partial charge is 0.289 e. The fraction of sp³-hybridized carbons (Fsp3) is 0.267. The van der Waals surface area contributed by atoms with Crippen LogP contribution in [0.1, 0.15) is 17.0 Å². The summed E-state index contributed by atoms with van der Waals surface area (Å²) in [6, 6.07) is 10.9. The van der Waals surface area contributed by atoms with E-state index in [-0.39, 0.29) is 24.4 Å². The van der Waals surface area contributed by atoms with Gasteiger partial charge in [0.25, 0.3) is 5.91 Å². The maximum Gasteiger partial charge on any atom is 0.289 e. The number of hydrogen-bond donors (Lipinski definition) is 1. The first kappa shape index (κ1) is 15.9. The Bertz CT molecular complexity index is 642. The first-order valence-electron chi connectivity index (χ1n) is 6.55. The van der Waals surface area contributed by atoms with Crippen molar-refractivity contribution in [3.63, 3.8) is 0 Å². The molecule has 0 bridgehead atoms. The Morgan fingerprint density at radius 2 is 2.05 bits per heavy atom. The molecule has 0 aliphatic carbocycles. The molecule has 2 N–H and O–H groups in total. The lowest BCUT2D eigenvalue weighted by atomic mass is 10.2. The number of amides is 1. The number of likely N-dealkylation sites (tertiary alicyclic amines) is 1. The minimum Gasteiger partial charge on any atom is -0.451 e. The van der Waals surface area contributed by atoms with E-state index in [2.05, 4.69) is 0 Å². The van der Waals surface area contributed by atoms with Crippen molar-refractivity contribution in [2.45, 2.75) is 12.5 Å². The minimum atomic E-state index is -0.115. The topological polar surface area (TPSA) is 59.5 Å². The number of hydrogen-bond acceptors (Lipinski definition) is 3. The molecule has 3 rings (SSSR count). The second-order valence-electron chi connectivity index (χ2n) is 4.94. The van der Waals surface area contributed by atoms with E-state index in [1.807, 2.05) is 18.2 Å². The van der Waals surface area contributed by atoms with Crippen molar-refractivity contribution in [3.8, 4) is 11.3 Å². The van der Waals surface area contributed by atoms with Crippen LogP contribution in [0.3, 0.4) is 0 Å². The minimum absolute atomic E-state index is 0. The van der Waals surface area contributed by atoms with Gasteiger partial charge in [-0.05, 0) is 30.7 Å². The maximum atomic E-state index is 12.3. The zero-order valence-electron chi connectivity index (χ0n) is 11.3. The number of carbonyl (C=O) groups excluding carboxylic acids is 1. The molecule has 1 aliphatic rings. The molecule has 4 nitrogen and oxygen atoms in total. The van der Waals surface area contributed by atoms with Crippen LogP contribution in [0.15, 0.2) is 40.8 Å². The lowest BCUT2D eigenvalue weighted by molar-refractivity contribution is 0.0760. The lowest BCUT2D eigenvalue weighted by Crippen LogP contribution is -2.31. The summed E-state index contributed by atoms with van der Waals surface area (Å²) in [5.41, 5.74) is 6.60. The summed E-state index contributed by atoms with van der Waals surface area (Å²) < 4.78 is 5.64. The molecule has 1 aromatic heterocycles. The summed E-state index contributed by atoms with van der Waals surface area (Å²) in [6.07, 6.45) is 0.837. The van der Waals surface area contributed by atoms with Crippen LogP contribution in [0.4, 0.5) is 0 Å². The summed E-state index contributed by atoms with van der Waals surface area (Å²) in [5, 5.41) is 0.601. The van der Waals surface area contributed by atoms with Gasteiger partial charge in [0.1, 0.15) is 5.76 Å². The summed E-state index contributed by atoms with van der Waals surface area (Å²) in [7, 11) is 0. The molecule has 0 radical (unpaired) electrons. The van der Waals surface area contributed by atoms with E-state index in [4.69, 9.17) is 21.8 Å². The molecular weight excluding hydrogens is 311 g/mol. The molecule has 0 unspecified atom stereocenters. The van der Waals surface area contributed by atoms with Crippen molar-refractivity contribution in [2.24, 2.45) is 5.73 Å². The third-order valence-electron chi connectivity index (χ3n) is 3.47. The van der Waals surface area contributed by atoms with Crippen molar-refractivity contribution in [1.29, 1.82) is 0 Å². The molecule has 0 saturated carbocycles. The van der Waals surface area contributed by atoms with Crippen LogP contribution in [-0.4, -0.2) is 29.9 Å². The zero-order valence-corrected chi connectivity index (χ0v) is 12.9. The molecule has 1 amide bonds. The second-order valence-corrected chi connectivity index (χ2v) is 5.35. The molecule has 1 atom stereocenters. The summed E-state index contributed by atoms with van der Waals surface area (Å²) in [6.45, 7) is 1.27. The maximum absolute atomic E-state index is 12.3. The Morgan fingerprint density at radius 3 is 2.71 bits per heavy atom. The number of halogens is 2. The number of nitrogens with zero attached hydrogens (tertiary/aromatic N) is 1. The number of carbonyl (C=O) groups is 1. The fourth-order valence-electron chi connectivity index (χ4n) is 2.39. The standard InChI is InChI=1S/C15H15ClN2O2.ClH/c16-12-4-2-1-3-11(12)13-5-6-14(20-13)15(19)18-8-7-10(17)9-18;/h1-6,10H,7-9,17H2;1H/t10-;/m1./s1. The van der Waals surface area contributed by atoms with Gasteiger partial charge < -0.3 is 15.1 Å². The number of furan rings is 1. The Morgan fingerprint density at radius 1 is 1.29 bits per heavy atom. The highest BCUT2D eigenvalue weighted by atomic mass is 35.5. The van der Waals surface area contributed by atoms with Gasteiger partial charge in [0.2, 0.25) is 0 Å². The molecule has 0 spiro atoms. The van der Waals surface area contributed by atoms with Gasteiger partial charge in [-0.2, -0.15) is 0 Å². The highest BCUT2D eigenvalue weighted by Crippen LogP contribution is 2.29. The Hall–Kier alpha value is -1.49. The van der Waals surface area contributed by atoms with E-state index >= 15 is 0 Å². The van der Waals surface area contributed by atoms with Crippen LogP contribution < -0.4 is 5.73 Å². The van der Waals surface area contributed by atoms with Crippen LogP contribution in [0.2, 0.25) is 5.02 Å². The molecule has 2 aromatic rings. The van der Waals surface area contributed by atoms with Gasteiger partial charge in [0, 0.05) is 24.7 Å². The van der Waals surface area contributed by atoms with Gasteiger partial charge in [-0.3, -0.25) is 4.79 Å². The molecule has 1 fully saturated rings. The monoisotopic (exact) mass is 326 g/mol. The SMILES string of the molecule is Cl.N[C@@H]1CCN(C(=O)c2ccc(-c3ccccc3Cl)o2)C1. The fourth-order valence-corrected chi connectivity index (χ4v) is 2.62. The number of benzene rings is 1. The van der Waals surface area contributed by atoms with Gasteiger partial charge >= 0.3 is 0 Å². The van der Waals surface area contributed by atoms with Gasteiger partial charge in [0.15, 0.2) is 5.76 Å². The quantitative estimate of drug-likeness (QED) is 0.921. The van der Waals surface area contributed by atoms with Crippen molar-refractivity contribution in [1.82, 2.24) is 4.90 Å². The van der Waals surface area contributed by atoms with Crippen molar-refractivity contribution in [2.75, 3.05) is 13.1 Å². The normalized spacial score (nSPS) is 17.6. The molecule has 1 saturated heterocycles. The van der Waals surface area contributed by atoms with E-state index in [1.165, 1.54) is 0 Å². The van der Waals surface area contributed by atoms with Crippen molar-refractivity contribution < 1.29 is 9.21 Å². The predicted octanol–water partition coefficient (Wildman–Crippen LogP) is 3.20. The van der Waals surface area contributed by atoms with E-state index in [1.54, 1.807) is 23.1 Å². The van der Waals surface area contributed by atoms with E-state index < -0.39 is 0 Å². The Balaban J connectivity index is 0.00000161. The van der Waals surface area contributed by atoms with Gasteiger partial charge in [-0.15, -0.1) is 12.4 Å². The van der Waals surface area contributed by atoms with Crippen molar-refractivity contribution in [3.05, 3.63) is 47.2 Å². The molecule has 1 aliphatic heterocycles. The summed E-state index contributed by atoms with van der Waals surface area (Å²) >= 11 is 6.12. The van der Waals surface area contributed by atoms with E-state index in [0.717, 1.165) is 12.0 Å². The molecule has 2 heterocycles. The van der Waals surface area contributed by atoms with Gasteiger partial charge in [0.05, 0.1) is 5.02 Å². The average molecular weight is 327 g/mol. The molecule has 112 valence electrons. The average Bonchev–Trinajstić information content (AvgIpc) is 3.07. The van der Waals surface area contributed by atoms with Crippen LogP contribution in [-0.2, 0) is 0 Å². The van der Waals surface area contributed by atoms with Gasteiger partial charge in [-0.1, -0.05) is 23.7 Å². The Kier molecular flexibility index (Phi) is 4.93. The number of rotatable bonds is 2. The van der Waals surface area contributed by atoms with Crippen LogP contribution in [0.25, 0.3) is 11.3 Å². The Labute approximate surface area is 134 Å². The van der Waals surface area contributed by atoms with E-state index in [9.17, 15) is 4.79 Å². The van der Waals surface area contributed by atoms with Gasteiger partial charge in [-0.25, -0.2) is 0 Å². The molecule has 1 aromatic carbocycles. The van der Waals surface area contributed by atoms with Crippen molar-refractivity contribution >= 4 is 29.9 Å². The summed E-state index contributed by atoms with van der Waals surface area (Å²) in [4.78, 5) is 14.0.